The summed E-state index contributed by atoms with van der Waals surface area (Å²) < 4.78 is 0. The van der Waals surface area contributed by atoms with Crippen LogP contribution >= 0.6 is 7.92 Å². The first-order valence-corrected chi connectivity index (χ1v) is 8.15. The molecule has 1 aromatic carbocycles. The van der Waals surface area contributed by atoms with Crippen LogP contribution < -0.4 is 0 Å². The SMILES string of the molecule is CP(Cc1ccccc1)C1CCCCC1. The second kappa shape index (κ2) is 5.66. The predicted octanol–water partition coefficient (Wildman–Crippen LogP) is 4.63. The smallest absolute Gasteiger partial charge is 0.00731 e. The number of benzene rings is 1. The molecule has 0 bridgehead atoms. The van der Waals surface area contributed by atoms with Crippen LogP contribution in [-0.2, 0) is 6.16 Å². The summed E-state index contributed by atoms with van der Waals surface area (Å²) in [6.45, 7) is 2.50. The van der Waals surface area contributed by atoms with E-state index in [4.69, 9.17) is 0 Å². The summed E-state index contributed by atoms with van der Waals surface area (Å²) >= 11 is 0. The van der Waals surface area contributed by atoms with E-state index in [9.17, 15) is 0 Å². The Kier molecular flexibility index (Phi) is 4.20. The van der Waals surface area contributed by atoms with Gasteiger partial charge in [-0.2, -0.15) is 0 Å². The van der Waals surface area contributed by atoms with Gasteiger partial charge in [0.1, 0.15) is 0 Å². The van der Waals surface area contributed by atoms with Crippen LogP contribution in [0.15, 0.2) is 30.3 Å². The van der Waals surface area contributed by atoms with Crippen LogP contribution in [0, 0.1) is 0 Å². The first kappa shape index (κ1) is 11.1. The van der Waals surface area contributed by atoms with Gasteiger partial charge in [-0.3, -0.25) is 0 Å². The zero-order chi connectivity index (χ0) is 10.5. The first-order chi connectivity index (χ1) is 7.36. The van der Waals surface area contributed by atoms with Crippen molar-refractivity contribution in [1.29, 1.82) is 0 Å². The maximum atomic E-state index is 2.50. The Morgan fingerprint density at radius 2 is 1.73 bits per heavy atom. The van der Waals surface area contributed by atoms with Gasteiger partial charge in [0.2, 0.25) is 0 Å². The molecule has 0 heterocycles. The van der Waals surface area contributed by atoms with Crippen molar-refractivity contribution in [3.8, 4) is 0 Å². The Morgan fingerprint density at radius 1 is 1.07 bits per heavy atom. The monoisotopic (exact) mass is 220 g/mol. The number of hydrogen-bond donors (Lipinski definition) is 0. The second-order valence-electron chi connectivity index (χ2n) is 4.69. The molecule has 1 aliphatic rings. The van der Waals surface area contributed by atoms with Crippen molar-refractivity contribution in [3.63, 3.8) is 0 Å². The summed E-state index contributed by atoms with van der Waals surface area (Å²) in [5.74, 6) is 0. The third kappa shape index (κ3) is 3.31. The molecule has 1 heteroatoms. The number of hydrogen-bond acceptors (Lipinski definition) is 0. The van der Waals surface area contributed by atoms with Crippen LogP contribution in [0.4, 0.5) is 0 Å². The molecule has 15 heavy (non-hydrogen) atoms. The summed E-state index contributed by atoms with van der Waals surface area (Å²) in [5.41, 5.74) is 2.59. The summed E-state index contributed by atoms with van der Waals surface area (Å²) in [4.78, 5) is 0. The first-order valence-electron chi connectivity index (χ1n) is 6.10. The van der Waals surface area contributed by atoms with Gasteiger partial charge in [-0.15, -0.1) is 7.92 Å². The average molecular weight is 220 g/mol. The Balaban J connectivity index is 1.88. The van der Waals surface area contributed by atoms with E-state index in [1.54, 1.807) is 0 Å². The van der Waals surface area contributed by atoms with Crippen LogP contribution in [-0.4, -0.2) is 12.3 Å². The van der Waals surface area contributed by atoms with Gasteiger partial charge in [-0.25, -0.2) is 0 Å². The molecule has 1 atom stereocenters. The Hall–Kier alpha value is -0.350. The van der Waals surface area contributed by atoms with Gasteiger partial charge < -0.3 is 0 Å². The molecule has 1 aromatic rings. The standard InChI is InChI=1S/C14H21P/c1-15(14-10-6-3-7-11-14)12-13-8-4-2-5-9-13/h2,4-5,8-9,14H,3,6-7,10-12H2,1H3. The van der Waals surface area contributed by atoms with Crippen molar-refractivity contribution in [2.24, 2.45) is 0 Å². The van der Waals surface area contributed by atoms with E-state index in [2.05, 4.69) is 37.0 Å². The predicted molar refractivity (Wildman–Crippen MR) is 69.9 cm³/mol. The lowest BCUT2D eigenvalue weighted by molar-refractivity contribution is 0.511. The van der Waals surface area contributed by atoms with Gasteiger partial charge in [0, 0.05) is 0 Å². The topological polar surface area (TPSA) is 0 Å². The highest BCUT2D eigenvalue weighted by atomic mass is 31.1. The maximum absolute atomic E-state index is 2.50. The molecule has 0 aliphatic heterocycles. The molecule has 1 fully saturated rings. The highest BCUT2D eigenvalue weighted by Gasteiger charge is 2.19. The van der Waals surface area contributed by atoms with Crippen molar-refractivity contribution < 1.29 is 0 Å². The quantitative estimate of drug-likeness (QED) is 0.651. The number of rotatable bonds is 3. The van der Waals surface area contributed by atoms with Gasteiger partial charge in [-0.1, -0.05) is 49.6 Å². The van der Waals surface area contributed by atoms with E-state index in [1.807, 2.05) is 0 Å². The summed E-state index contributed by atoms with van der Waals surface area (Å²) in [7, 11) is 0.225. The summed E-state index contributed by atoms with van der Waals surface area (Å²) in [5, 5.41) is 0. The van der Waals surface area contributed by atoms with E-state index in [0.29, 0.717) is 0 Å². The zero-order valence-electron chi connectivity index (χ0n) is 9.65. The molecule has 82 valence electrons. The Morgan fingerprint density at radius 3 is 2.40 bits per heavy atom. The molecule has 0 amide bonds. The van der Waals surface area contributed by atoms with Crippen LogP contribution in [0.25, 0.3) is 0 Å². The van der Waals surface area contributed by atoms with Gasteiger partial charge >= 0.3 is 0 Å². The maximum Gasteiger partial charge on any atom is -0.00731 e. The van der Waals surface area contributed by atoms with Crippen molar-refractivity contribution in [2.75, 3.05) is 6.66 Å². The van der Waals surface area contributed by atoms with E-state index in [0.717, 1.165) is 5.66 Å². The molecule has 2 rings (SSSR count). The molecule has 0 aromatic heterocycles. The van der Waals surface area contributed by atoms with Crippen molar-refractivity contribution in [1.82, 2.24) is 0 Å². The highest BCUT2D eigenvalue weighted by Crippen LogP contribution is 2.47. The minimum absolute atomic E-state index is 0.225. The van der Waals surface area contributed by atoms with Crippen molar-refractivity contribution in [3.05, 3.63) is 35.9 Å². The third-order valence-corrected chi connectivity index (χ3v) is 6.10. The lowest BCUT2D eigenvalue weighted by Crippen LogP contribution is -2.10. The Bertz CT molecular complexity index is 275. The van der Waals surface area contributed by atoms with Gasteiger partial charge in [0.05, 0.1) is 0 Å². The fraction of sp³-hybridized carbons (Fsp3) is 0.571. The average Bonchev–Trinajstić information content (AvgIpc) is 2.31. The Labute approximate surface area is 94.8 Å². The fourth-order valence-electron chi connectivity index (χ4n) is 2.52. The van der Waals surface area contributed by atoms with E-state index in [-0.39, 0.29) is 7.92 Å². The highest BCUT2D eigenvalue weighted by molar-refractivity contribution is 7.56. The molecular formula is C14H21P. The van der Waals surface area contributed by atoms with Crippen molar-refractivity contribution >= 4 is 7.92 Å². The van der Waals surface area contributed by atoms with Crippen LogP contribution in [0.5, 0.6) is 0 Å². The van der Waals surface area contributed by atoms with Crippen LogP contribution in [0.2, 0.25) is 0 Å². The van der Waals surface area contributed by atoms with E-state index >= 15 is 0 Å². The largest absolute Gasteiger partial charge is 0.102 e. The molecule has 0 spiro atoms. The molecule has 0 nitrogen and oxygen atoms in total. The molecular weight excluding hydrogens is 199 g/mol. The van der Waals surface area contributed by atoms with Gasteiger partial charge in [0.25, 0.3) is 0 Å². The van der Waals surface area contributed by atoms with Crippen LogP contribution in [0.1, 0.15) is 37.7 Å². The second-order valence-corrected chi connectivity index (χ2v) is 7.25. The summed E-state index contributed by atoms with van der Waals surface area (Å²) in [6, 6.07) is 11.0. The van der Waals surface area contributed by atoms with Gasteiger partial charge in [-0.05, 0) is 36.9 Å². The molecule has 0 N–H and O–H groups in total. The van der Waals surface area contributed by atoms with Crippen LogP contribution in [0.3, 0.4) is 0 Å². The van der Waals surface area contributed by atoms with Gasteiger partial charge in [0.15, 0.2) is 0 Å². The minimum atomic E-state index is 0.225. The van der Waals surface area contributed by atoms with Crippen molar-refractivity contribution in [2.45, 2.75) is 43.9 Å². The third-order valence-electron chi connectivity index (χ3n) is 3.47. The van der Waals surface area contributed by atoms with E-state index < -0.39 is 0 Å². The molecule has 0 saturated heterocycles. The molecule has 1 saturated carbocycles. The summed E-state index contributed by atoms with van der Waals surface area (Å²) in [6.07, 6.45) is 8.76. The minimum Gasteiger partial charge on any atom is -0.102 e. The molecule has 1 aliphatic carbocycles. The lowest BCUT2D eigenvalue weighted by Gasteiger charge is -2.28. The zero-order valence-corrected chi connectivity index (χ0v) is 10.5. The van der Waals surface area contributed by atoms with E-state index in [1.165, 1.54) is 43.8 Å². The fourth-order valence-corrected chi connectivity index (χ4v) is 4.81. The normalized spacial score (nSPS) is 20.1. The lowest BCUT2D eigenvalue weighted by atomic mass is 10.0. The molecule has 0 radical (unpaired) electrons. The molecule has 1 unspecified atom stereocenters.